The van der Waals surface area contributed by atoms with Gasteiger partial charge in [0.15, 0.2) is 0 Å². The molecule has 0 unspecified atom stereocenters. The van der Waals surface area contributed by atoms with Gasteiger partial charge in [-0.25, -0.2) is 9.37 Å². The maximum absolute atomic E-state index is 13.7. The van der Waals surface area contributed by atoms with Gasteiger partial charge in [-0.3, -0.25) is 9.78 Å². The number of aromatic nitrogens is 2. The van der Waals surface area contributed by atoms with Crippen molar-refractivity contribution in [1.29, 1.82) is 0 Å². The van der Waals surface area contributed by atoms with E-state index in [9.17, 15) is 9.18 Å². The summed E-state index contributed by atoms with van der Waals surface area (Å²) in [7, 11) is 0. The van der Waals surface area contributed by atoms with Gasteiger partial charge in [-0.1, -0.05) is 17.7 Å². The van der Waals surface area contributed by atoms with Crippen LogP contribution in [0.4, 0.5) is 10.2 Å². The van der Waals surface area contributed by atoms with Crippen LogP contribution in [0.2, 0.25) is 5.02 Å². The van der Waals surface area contributed by atoms with E-state index < -0.39 is 0 Å². The van der Waals surface area contributed by atoms with E-state index in [1.807, 2.05) is 0 Å². The maximum atomic E-state index is 13.7. The van der Waals surface area contributed by atoms with Crippen LogP contribution in [-0.4, -0.2) is 39.9 Å². The lowest BCUT2D eigenvalue weighted by Gasteiger charge is -2.39. The Morgan fingerprint density at radius 3 is 2.91 bits per heavy atom. The average molecular weight is 335 g/mol. The van der Waals surface area contributed by atoms with Crippen LogP contribution in [-0.2, 0) is 11.2 Å². The predicted molar refractivity (Wildman–Crippen MR) is 85.8 cm³/mol. The highest BCUT2D eigenvalue weighted by Crippen LogP contribution is 2.21. The minimum Gasteiger partial charge on any atom is -0.362 e. The molecule has 1 fully saturated rings. The Labute approximate surface area is 138 Å². The average Bonchev–Trinajstić information content (AvgIpc) is 2.51. The second-order valence-electron chi connectivity index (χ2n) is 5.43. The minimum absolute atomic E-state index is 0.00140. The van der Waals surface area contributed by atoms with E-state index >= 15 is 0 Å². The van der Waals surface area contributed by atoms with E-state index in [4.69, 9.17) is 11.6 Å². The van der Waals surface area contributed by atoms with Crippen molar-refractivity contribution in [3.8, 4) is 0 Å². The molecule has 0 bridgehead atoms. The Balaban J connectivity index is 1.46. The number of halogens is 2. The number of amides is 1. The summed E-state index contributed by atoms with van der Waals surface area (Å²) in [5.74, 6) is 0.334. The molecule has 1 N–H and O–H groups in total. The predicted octanol–water partition coefficient (Wildman–Crippen LogP) is 2.52. The van der Waals surface area contributed by atoms with E-state index in [-0.39, 0.29) is 24.2 Å². The number of benzene rings is 1. The Hall–Kier alpha value is -2.21. The fraction of sp³-hybridized carbons (Fsp3) is 0.312. The number of likely N-dealkylation sites (tertiary alicyclic amines) is 1. The second-order valence-corrected chi connectivity index (χ2v) is 5.84. The molecule has 23 heavy (non-hydrogen) atoms. The summed E-state index contributed by atoms with van der Waals surface area (Å²) in [5, 5.41) is 3.57. The third-order valence-corrected chi connectivity index (χ3v) is 4.15. The monoisotopic (exact) mass is 334 g/mol. The first-order valence-corrected chi connectivity index (χ1v) is 7.74. The van der Waals surface area contributed by atoms with Crippen molar-refractivity contribution in [3.05, 3.63) is 53.2 Å². The Morgan fingerprint density at radius 2 is 2.22 bits per heavy atom. The molecule has 7 heteroatoms. The van der Waals surface area contributed by atoms with Crippen LogP contribution in [0.1, 0.15) is 12.0 Å². The molecular formula is C16H16ClFN4O. The molecule has 0 spiro atoms. The number of hydrogen-bond donors (Lipinski definition) is 1. The summed E-state index contributed by atoms with van der Waals surface area (Å²) < 4.78 is 13.7. The zero-order valence-corrected chi connectivity index (χ0v) is 13.1. The quantitative estimate of drug-likeness (QED) is 0.913. The smallest absolute Gasteiger partial charge is 0.223 e. The lowest BCUT2D eigenvalue weighted by Crippen LogP contribution is -2.57. The summed E-state index contributed by atoms with van der Waals surface area (Å²) in [6.07, 6.45) is 5.42. The third-order valence-electron chi connectivity index (χ3n) is 3.80. The Kier molecular flexibility index (Phi) is 4.71. The topological polar surface area (TPSA) is 58.1 Å². The SMILES string of the molecule is O=C(CCc1c(F)cccc1Cl)N1CC(Nc2cnccn2)C1. The van der Waals surface area contributed by atoms with Gasteiger partial charge in [-0.05, 0) is 18.6 Å². The molecule has 0 atom stereocenters. The van der Waals surface area contributed by atoms with Crippen LogP contribution < -0.4 is 5.32 Å². The molecule has 120 valence electrons. The highest BCUT2D eigenvalue weighted by molar-refractivity contribution is 6.31. The standard InChI is InChI=1S/C16H16ClFN4O/c17-13-2-1-3-14(18)12(13)4-5-16(23)22-9-11(10-22)21-15-8-19-6-7-20-15/h1-3,6-8,11H,4-5,9-10H2,(H,20,21). The van der Waals surface area contributed by atoms with Crippen LogP contribution in [0.15, 0.2) is 36.8 Å². The first kappa shape index (κ1) is 15.7. The molecule has 0 radical (unpaired) electrons. The van der Waals surface area contributed by atoms with E-state index in [2.05, 4.69) is 15.3 Å². The van der Waals surface area contributed by atoms with E-state index in [0.29, 0.717) is 35.9 Å². The maximum Gasteiger partial charge on any atom is 0.223 e. The molecule has 1 aliphatic rings. The largest absolute Gasteiger partial charge is 0.362 e. The van der Waals surface area contributed by atoms with Gasteiger partial charge in [0, 0.05) is 42.5 Å². The zero-order chi connectivity index (χ0) is 16.2. The van der Waals surface area contributed by atoms with Gasteiger partial charge in [-0.2, -0.15) is 0 Å². The number of rotatable bonds is 5. The van der Waals surface area contributed by atoms with E-state index in [1.54, 1.807) is 35.6 Å². The fourth-order valence-electron chi connectivity index (χ4n) is 2.52. The van der Waals surface area contributed by atoms with Crippen LogP contribution in [0.3, 0.4) is 0 Å². The Morgan fingerprint density at radius 1 is 1.39 bits per heavy atom. The first-order valence-electron chi connectivity index (χ1n) is 7.36. The molecular weight excluding hydrogens is 319 g/mol. The number of nitrogens with one attached hydrogen (secondary N) is 1. The van der Waals surface area contributed by atoms with Crippen LogP contribution in [0.5, 0.6) is 0 Å². The molecule has 3 rings (SSSR count). The lowest BCUT2D eigenvalue weighted by atomic mass is 10.1. The summed E-state index contributed by atoms with van der Waals surface area (Å²) >= 11 is 5.97. The van der Waals surface area contributed by atoms with Crippen molar-refractivity contribution < 1.29 is 9.18 Å². The van der Waals surface area contributed by atoms with Crippen LogP contribution >= 0.6 is 11.6 Å². The molecule has 5 nitrogen and oxygen atoms in total. The van der Waals surface area contributed by atoms with Crippen molar-refractivity contribution in [1.82, 2.24) is 14.9 Å². The lowest BCUT2D eigenvalue weighted by molar-refractivity contribution is -0.135. The number of carbonyl (C=O) groups is 1. The summed E-state index contributed by atoms with van der Waals surface area (Å²) in [4.78, 5) is 22.0. The fourth-order valence-corrected chi connectivity index (χ4v) is 2.77. The first-order chi connectivity index (χ1) is 11.1. The van der Waals surface area contributed by atoms with Gasteiger partial charge < -0.3 is 10.2 Å². The van der Waals surface area contributed by atoms with Crippen LogP contribution in [0, 0.1) is 5.82 Å². The van der Waals surface area contributed by atoms with Crippen molar-refractivity contribution in [2.24, 2.45) is 0 Å². The van der Waals surface area contributed by atoms with Crippen molar-refractivity contribution in [2.45, 2.75) is 18.9 Å². The van der Waals surface area contributed by atoms with Crippen molar-refractivity contribution >= 4 is 23.3 Å². The highest BCUT2D eigenvalue weighted by Gasteiger charge is 2.30. The van der Waals surface area contributed by atoms with Crippen molar-refractivity contribution in [3.63, 3.8) is 0 Å². The molecule has 2 aromatic rings. The molecule has 1 aromatic carbocycles. The molecule has 0 aliphatic carbocycles. The van der Waals surface area contributed by atoms with Gasteiger partial charge in [-0.15, -0.1) is 0 Å². The number of anilines is 1. The highest BCUT2D eigenvalue weighted by atomic mass is 35.5. The van der Waals surface area contributed by atoms with Gasteiger partial charge >= 0.3 is 0 Å². The van der Waals surface area contributed by atoms with Gasteiger partial charge in [0.25, 0.3) is 0 Å². The normalized spacial score (nSPS) is 14.4. The third kappa shape index (κ3) is 3.76. The molecule has 2 heterocycles. The summed E-state index contributed by atoms with van der Waals surface area (Å²) in [5.41, 5.74) is 0.400. The summed E-state index contributed by atoms with van der Waals surface area (Å²) in [6.45, 7) is 1.22. The molecule has 1 amide bonds. The number of hydrogen-bond acceptors (Lipinski definition) is 4. The summed E-state index contributed by atoms with van der Waals surface area (Å²) in [6, 6.07) is 4.72. The van der Waals surface area contributed by atoms with Gasteiger partial charge in [0.1, 0.15) is 11.6 Å². The van der Waals surface area contributed by atoms with E-state index in [1.165, 1.54) is 6.07 Å². The van der Waals surface area contributed by atoms with E-state index in [0.717, 1.165) is 0 Å². The molecule has 1 aliphatic heterocycles. The van der Waals surface area contributed by atoms with Gasteiger partial charge in [0.05, 0.1) is 12.2 Å². The van der Waals surface area contributed by atoms with Crippen LogP contribution in [0.25, 0.3) is 0 Å². The molecule has 1 aromatic heterocycles. The number of nitrogens with zero attached hydrogens (tertiary/aromatic N) is 3. The number of carbonyl (C=O) groups excluding carboxylic acids is 1. The second kappa shape index (κ2) is 6.91. The van der Waals surface area contributed by atoms with Crippen molar-refractivity contribution in [2.75, 3.05) is 18.4 Å². The zero-order valence-electron chi connectivity index (χ0n) is 12.4. The van der Waals surface area contributed by atoms with Gasteiger partial charge in [0.2, 0.25) is 5.91 Å². The Bertz CT molecular complexity index is 671. The molecule has 0 saturated carbocycles. The molecule has 1 saturated heterocycles. The minimum atomic E-state index is -0.365.